The number of carbonyl (C=O) groups excluding carboxylic acids is 2. The van der Waals surface area contributed by atoms with Gasteiger partial charge in [0.25, 0.3) is 0 Å². The first-order chi connectivity index (χ1) is 16.8. The summed E-state index contributed by atoms with van der Waals surface area (Å²) < 4.78 is 38.5. The van der Waals surface area contributed by atoms with Gasteiger partial charge in [0.15, 0.2) is 0 Å². The van der Waals surface area contributed by atoms with Crippen LogP contribution in [-0.2, 0) is 15.8 Å². The number of aromatic nitrogens is 1. The number of anilines is 1. The van der Waals surface area contributed by atoms with Gasteiger partial charge in [0.2, 0.25) is 11.8 Å². The molecule has 0 bridgehead atoms. The smallest absolute Gasteiger partial charge is 0.367 e. The van der Waals surface area contributed by atoms with E-state index >= 15 is 0 Å². The summed E-state index contributed by atoms with van der Waals surface area (Å²) in [4.78, 5) is 33.9. The zero-order valence-electron chi connectivity index (χ0n) is 18.4. The van der Waals surface area contributed by atoms with E-state index < -0.39 is 23.6 Å². The first-order valence-electron chi connectivity index (χ1n) is 11.1. The molecule has 1 N–H and O–H groups in total. The highest BCUT2D eigenvalue weighted by Gasteiger charge is 2.62. The van der Waals surface area contributed by atoms with Crippen LogP contribution in [-0.4, -0.2) is 63.4 Å². The van der Waals surface area contributed by atoms with E-state index in [1.165, 1.54) is 4.90 Å². The Morgan fingerprint density at radius 2 is 1.91 bits per heavy atom. The maximum absolute atomic E-state index is 13.4. The summed E-state index contributed by atoms with van der Waals surface area (Å²) in [6.07, 6.45) is 0.172. The maximum atomic E-state index is 13.4. The molecular weight excluding hydrogens is 501 g/mol. The fourth-order valence-corrected chi connectivity index (χ4v) is 6.62. The number of hydrogen-bond acceptors (Lipinski definition) is 6. The van der Waals surface area contributed by atoms with E-state index in [2.05, 4.69) is 15.2 Å². The number of nitrogens with zero attached hydrogens (tertiary/aromatic N) is 3. The Labute approximate surface area is 209 Å². The van der Waals surface area contributed by atoms with Crippen molar-refractivity contribution in [1.29, 1.82) is 0 Å². The van der Waals surface area contributed by atoms with Gasteiger partial charge in [-0.05, 0) is 11.6 Å². The minimum atomic E-state index is -4.54. The summed E-state index contributed by atoms with van der Waals surface area (Å²) >= 11 is 7.70. The molecule has 5 rings (SSSR count). The van der Waals surface area contributed by atoms with Gasteiger partial charge in [-0.1, -0.05) is 54.1 Å². The highest BCUT2D eigenvalue weighted by molar-refractivity contribution is 7.99. The molecule has 1 aromatic carbocycles. The predicted molar refractivity (Wildman–Crippen MR) is 129 cm³/mol. The molecule has 3 fully saturated rings. The summed E-state index contributed by atoms with van der Waals surface area (Å²) in [6.45, 7) is 0.210. The minimum Gasteiger partial charge on any atom is -0.367 e. The van der Waals surface area contributed by atoms with Gasteiger partial charge in [0.1, 0.15) is 5.82 Å². The Morgan fingerprint density at radius 1 is 1.17 bits per heavy atom. The molecule has 3 aliphatic heterocycles. The molecule has 3 aliphatic rings. The summed E-state index contributed by atoms with van der Waals surface area (Å²) in [5.74, 6) is 0.406. The number of benzene rings is 1. The predicted octanol–water partition coefficient (Wildman–Crippen LogP) is 4.24. The molecule has 11 heteroatoms. The number of amides is 2. The van der Waals surface area contributed by atoms with E-state index in [0.29, 0.717) is 6.20 Å². The SMILES string of the molecule is O=C1C2C(C(=O)N1CCNc1ncc(C(F)(F)F)cc1Cl)C1CSCN1C2/C=C/c1ccccc1. The third kappa shape index (κ3) is 4.54. The van der Waals surface area contributed by atoms with E-state index in [0.717, 1.165) is 23.3 Å². The van der Waals surface area contributed by atoms with Crippen molar-refractivity contribution in [3.63, 3.8) is 0 Å². The van der Waals surface area contributed by atoms with Gasteiger partial charge in [-0.3, -0.25) is 19.4 Å². The lowest BCUT2D eigenvalue weighted by molar-refractivity contribution is -0.141. The van der Waals surface area contributed by atoms with Crippen molar-refractivity contribution >= 4 is 47.1 Å². The first kappa shape index (κ1) is 24.1. The molecule has 0 spiro atoms. The monoisotopic (exact) mass is 522 g/mol. The number of imide groups is 1. The number of thioether (sulfide) groups is 1. The Bertz CT molecular complexity index is 1160. The average Bonchev–Trinajstić information content (AvgIpc) is 3.47. The second kappa shape index (κ2) is 9.48. The van der Waals surface area contributed by atoms with Crippen LogP contribution in [0, 0.1) is 11.8 Å². The molecule has 184 valence electrons. The van der Waals surface area contributed by atoms with Gasteiger partial charge in [-0.2, -0.15) is 13.2 Å². The van der Waals surface area contributed by atoms with E-state index in [4.69, 9.17) is 11.6 Å². The van der Waals surface area contributed by atoms with Crippen LogP contribution in [0.25, 0.3) is 6.08 Å². The second-order valence-electron chi connectivity index (χ2n) is 8.70. The first-order valence-corrected chi connectivity index (χ1v) is 12.7. The minimum absolute atomic E-state index is 0.0101. The number of fused-ring (bicyclic) bond motifs is 3. The van der Waals surface area contributed by atoms with Crippen molar-refractivity contribution in [2.24, 2.45) is 11.8 Å². The van der Waals surface area contributed by atoms with Crippen molar-refractivity contribution in [3.8, 4) is 0 Å². The van der Waals surface area contributed by atoms with E-state index in [1.54, 1.807) is 11.8 Å². The lowest BCUT2D eigenvalue weighted by Gasteiger charge is -2.26. The van der Waals surface area contributed by atoms with Crippen molar-refractivity contribution in [2.75, 3.05) is 30.0 Å². The van der Waals surface area contributed by atoms with Gasteiger partial charge in [0, 0.05) is 43.0 Å². The molecule has 4 unspecified atom stereocenters. The fraction of sp³-hybridized carbons (Fsp3) is 0.375. The zero-order valence-corrected chi connectivity index (χ0v) is 20.0. The molecule has 2 aromatic rings. The number of halogens is 4. The lowest BCUT2D eigenvalue weighted by atomic mass is 9.89. The van der Waals surface area contributed by atoms with Crippen LogP contribution in [0.2, 0.25) is 5.02 Å². The van der Waals surface area contributed by atoms with Crippen LogP contribution in [0.15, 0.2) is 48.7 Å². The van der Waals surface area contributed by atoms with Crippen LogP contribution < -0.4 is 5.32 Å². The van der Waals surface area contributed by atoms with Crippen molar-refractivity contribution < 1.29 is 22.8 Å². The third-order valence-corrected chi connectivity index (χ3v) is 8.04. The number of carbonyl (C=O) groups is 2. The zero-order chi connectivity index (χ0) is 24.7. The van der Waals surface area contributed by atoms with Crippen LogP contribution in [0.4, 0.5) is 19.0 Å². The van der Waals surface area contributed by atoms with Crippen LogP contribution in [0.5, 0.6) is 0 Å². The molecule has 1 aromatic heterocycles. The standard InChI is InChI=1S/C24H22ClF3N4O2S/c25-16-10-15(24(26,27)28)11-30-21(16)29-8-9-31-22(33)19-17(7-6-14-4-2-1-3-5-14)32-13-35-12-18(32)20(19)23(31)34/h1-7,10-11,17-20H,8-9,12-13H2,(H,29,30)/b7-6+. The van der Waals surface area contributed by atoms with Gasteiger partial charge in [0.05, 0.1) is 22.4 Å². The van der Waals surface area contributed by atoms with Crippen molar-refractivity contribution in [1.82, 2.24) is 14.8 Å². The molecule has 35 heavy (non-hydrogen) atoms. The molecule has 0 aliphatic carbocycles. The number of rotatable bonds is 6. The number of nitrogens with one attached hydrogen (secondary N) is 1. The van der Waals surface area contributed by atoms with Gasteiger partial charge in [-0.25, -0.2) is 4.98 Å². The number of likely N-dealkylation sites (tertiary alicyclic amines) is 1. The molecule has 3 saturated heterocycles. The van der Waals surface area contributed by atoms with Crippen LogP contribution in [0.3, 0.4) is 0 Å². The van der Waals surface area contributed by atoms with Crippen LogP contribution >= 0.6 is 23.4 Å². The molecule has 6 nitrogen and oxygen atoms in total. The topological polar surface area (TPSA) is 65.5 Å². The molecular formula is C24H22ClF3N4O2S. The molecule has 0 radical (unpaired) electrons. The lowest BCUT2D eigenvalue weighted by Crippen LogP contribution is -2.43. The number of alkyl halides is 3. The second-order valence-corrected chi connectivity index (χ2v) is 10.1. The summed E-state index contributed by atoms with van der Waals surface area (Å²) in [5, 5.41) is 2.66. The highest BCUT2D eigenvalue weighted by Crippen LogP contribution is 2.47. The average molecular weight is 523 g/mol. The fourth-order valence-electron chi connectivity index (χ4n) is 5.07. The number of hydrogen-bond donors (Lipinski definition) is 1. The molecule has 4 heterocycles. The van der Waals surface area contributed by atoms with Gasteiger partial charge in [-0.15, -0.1) is 11.8 Å². The van der Waals surface area contributed by atoms with Crippen LogP contribution in [0.1, 0.15) is 11.1 Å². The van der Waals surface area contributed by atoms with E-state index in [9.17, 15) is 22.8 Å². The summed E-state index contributed by atoms with van der Waals surface area (Å²) in [7, 11) is 0. The molecule has 0 saturated carbocycles. The Morgan fingerprint density at radius 3 is 2.63 bits per heavy atom. The quantitative estimate of drug-likeness (QED) is 0.573. The largest absolute Gasteiger partial charge is 0.417 e. The molecule has 2 amide bonds. The van der Waals surface area contributed by atoms with Crippen molar-refractivity contribution in [2.45, 2.75) is 18.3 Å². The maximum Gasteiger partial charge on any atom is 0.417 e. The number of pyridine rings is 1. The Kier molecular flexibility index (Phi) is 6.54. The highest BCUT2D eigenvalue weighted by atomic mass is 35.5. The Balaban J connectivity index is 1.28. The summed E-state index contributed by atoms with van der Waals surface area (Å²) in [6, 6.07) is 10.4. The van der Waals surface area contributed by atoms with E-state index in [-0.39, 0.29) is 47.8 Å². The van der Waals surface area contributed by atoms with Gasteiger partial charge < -0.3 is 5.32 Å². The Hall–Kier alpha value is -2.56. The summed E-state index contributed by atoms with van der Waals surface area (Å²) in [5.41, 5.74) is 0.0810. The van der Waals surface area contributed by atoms with Gasteiger partial charge >= 0.3 is 6.18 Å². The van der Waals surface area contributed by atoms with Crippen molar-refractivity contribution in [3.05, 3.63) is 64.8 Å². The third-order valence-electron chi connectivity index (χ3n) is 6.69. The molecule has 4 atom stereocenters. The normalized spacial score (nSPS) is 26.6. The van der Waals surface area contributed by atoms with E-state index in [1.807, 2.05) is 42.5 Å².